The number of carboxylic acids is 1. The average molecular weight is 414 g/mol. The number of benzene rings is 3. The van der Waals surface area contributed by atoms with Gasteiger partial charge in [-0.1, -0.05) is 85.3 Å². The summed E-state index contributed by atoms with van der Waals surface area (Å²) in [6.45, 7) is 6.34. The molecule has 0 aliphatic heterocycles. The first kappa shape index (κ1) is 21.3. The molecule has 0 radical (unpaired) electrons. The molecule has 0 heterocycles. The largest absolute Gasteiger partial charge is 0.480 e. The normalized spacial score (nSPS) is 13.9. The van der Waals surface area contributed by atoms with E-state index in [0.29, 0.717) is 12.5 Å². The van der Waals surface area contributed by atoms with Crippen molar-refractivity contribution >= 4 is 5.97 Å². The molecule has 4 rings (SSSR count). The second kappa shape index (κ2) is 9.07. The minimum atomic E-state index is -0.949. The first-order valence-electron chi connectivity index (χ1n) is 11.2. The first-order chi connectivity index (χ1) is 15.0. The molecule has 160 valence electrons. The van der Waals surface area contributed by atoms with E-state index < -0.39 is 11.4 Å². The molecule has 1 N–H and O–H groups in total. The Labute approximate surface area is 185 Å². The van der Waals surface area contributed by atoms with Gasteiger partial charge in [0, 0.05) is 12.6 Å². The molecule has 0 bridgehead atoms. The lowest BCUT2D eigenvalue weighted by Gasteiger charge is -2.29. The van der Waals surface area contributed by atoms with Crippen molar-refractivity contribution in [2.24, 2.45) is 0 Å². The number of nitrogens with zero attached hydrogens (tertiary/aromatic N) is 1. The number of rotatable bonds is 9. The predicted octanol–water partition coefficient (Wildman–Crippen LogP) is 6.12. The quantitative estimate of drug-likeness (QED) is 0.430. The molecule has 3 aromatic rings. The Balaban J connectivity index is 1.50. The molecule has 0 unspecified atom stereocenters. The molecule has 3 aromatic carbocycles. The first-order valence-corrected chi connectivity index (χ1v) is 11.2. The molecule has 0 amide bonds. The molecule has 0 saturated heterocycles. The van der Waals surface area contributed by atoms with Gasteiger partial charge in [-0.3, -0.25) is 9.69 Å². The fraction of sp³-hybridized carbons (Fsp3) is 0.321. The Kier molecular flexibility index (Phi) is 6.24. The molecule has 3 nitrogen and oxygen atoms in total. The predicted molar refractivity (Wildman–Crippen MR) is 126 cm³/mol. The van der Waals surface area contributed by atoms with E-state index in [1.807, 2.05) is 42.5 Å². The third-order valence-corrected chi connectivity index (χ3v) is 6.63. The highest BCUT2D eigenvalue weighted by molar-refractivity contribution is 5.97. The molecule has 0 spiro atoms. The van der Waals surface area contributed by atoms with Gasteiger partial charge in [-0.05, 0) is 61.1 Å². The summed E-state index contributed by atoms with van der Waals surface area (Å²) in [5, 5.41) is 10.4. The molecular formula is C28H31NO2. The summed E-state index contributed by atoms with van der Waals surface area (Å²) < 4.78 is 0. The Hall–Kier alpha value is -2.91. The van der Waals surface area contributed by atoms with Crippen LogP contribution in [0.5, 0.6) is 0 Å². The van der Waals surface area contributed by atoms with E-state index in [4.69, 9.17) is 0 Å². The smallest absolute Gasteiger partial charge is 0.318 e. The number of carbonyl (C=O) groups is 1. The highest BCUT2D eigenvalue weighted by Gasteiger charge is 2.48. The van der Waals surface area contributed by atoms with E-state index in [-0.39, 0.29) is 0 Å². The van der Waals surface area contributed by atoms with Gasteiger partial charge in [-0.25, -0.2) is 0 Å². The molecular weight excluding hydrogens is 382 g/mol. The zero-order chi connectivity index (χ0) is 21.8. The minimum absolute atomic E-state index is 0.446. The molecule has 1 aliphatic carbocycles. The van der Waals surface area contributed by atoms with Crippen LogP contribution in [-0.4, -0.2) is 28.6 Å². The van der Waals surface area contributed by atoms with Crippen LogP contribution in [0.4, 0.5) is 0 Å². The zero-order valence-electron chi connectivity index (χ0n) is 18.4. The SMILES string of the molecule is CC(C)N(CCCCC1(C(=O)O)c2ccccc2-c2ccccc21)Cc1ccccc1. The van der Waals surface area contributed by atoms with Crippen LogP contribution in [0.25, 0.3) is 11.1 Å². The molecule has 31 heavy (non-hydrogen) atoms. The monoisotopic (exact) mass is 413 g/mol. The van der Waals surface area contributed by atoms with Crippen LogP contribution in [0.2, 0.25) is 0 Å². The third kappa shape index (κ3) is 4.03. The van der Waals surface area contributed by atoms with E-state index >= 15 is 0 Å². The Bertz CT molecular complexity index is 996. The maximum Gasteiger partial charge on any atom is 0.318 e. The van der Waals surface area contributed by atoms with Gasteiger partial charge in [0.2, 0.25) is 0 Å². The minimum Gasteiger partial charge on any atom is -0.480 e. The van der Waals surface area contributed by atoms with Crippen LogP contribution in [0.1, 0.15) is 49.8 Å². The van der Waals surface area contributed by atoms with Gasteiger partial charge in [0.1, 0.15) is 5.41 Å². The van der Waals surface area contributed by atoms with Crippen molar-refractivity contribution in [1.82, 2.24) is 4.90 Å². The van der Waals surface area contributed by atoms with Crippen LogP contribution in [0, 0.1) is 0 Å². The number of fused-ring (bicyclic) bond motifs is 3. The maximum atomic E-state index is 12.7. The Morgan fingerprint density at radius 2 is 1.39 bits per heavy atom. The van der Waals surface area contributed by atoms with Crippen LogP contribution in [0.15, 0.2) is 78.9 Å². The zero-order valence-corrected chi connectivity index (χ0v) is 18.4. The van der Waals surface area contributed by atoms with Gasteiger partial charge >= 0.3 is 5.97 Å². The number of aliphatic carboxylic acids is 1. The lowest BCUT2D eigenvalue weighted by atomic mass is 9.74. The highest BCUT2D eigenvalue weighted by Crippen LogP contribution is 2.51. The van der Waals surface area contributed by atoms with Crippen molar-refractivity contribution in [1.29, 1.82) is 0 Å². The van der Waals surface area contributed by atoms with E-state index in [1.165, 1.54) is 5.56 Å². The molecule has 0 fully saturated rings. The maximum absolute atomic E-state index is 12.7. The molecule has 0 saturated carbocycles. The van der Waals surface area contributed by atoms with Crippen molar-refractivity contribution in [3.05, 3.63) is 95.6 Å². The van der Waals surface area contributed by atoms with Crippen LogP contribution in [-0.2, 0) is 16.8 Å². The molecule has 0 atom stereocenters. The van der Waals surface area contributed by atoms with E-state index in [0.717, 1.165) is 48.2 Å². The summed E-state index contributed by atoms with van der Waals surface area (Å²) in [6, 6.07) is 27.0. The summed E-state index contributed by atoms with van der Waals surface area (Å²) in [6.07, 6.45) is 2.46. The molecule has 1 aliphatic rings. The number of unbranched alkanes of at least 4 members (excludes halogenated alkanes) is 1. The van der Waals surface area contributed by atoms with E-state index in [2.05, 4.69) is 55.1 Å². The Morgan fingerprint density at radius 1 is 0.839 bits per heavy atom. The fourth-order valence-corrected chi connectivity index (χ4v) is 4.97. The topological polar surface area (TPSA) is 40.5 Å². The summed E-state index contributed by atoms with van der Waals surface area (Å²) in [7, 11) is 0. The van der Waals surface area contributed by atoms with Gasteiger partial charge in [-0.15, -0.1) is 0 Å². The summed E-state index contributed by atoms with van der Waals surface area (Å²) in [4.78, 5) is 15.2. The van der Waals surface area contributed by atoms with Crippen molar-refractivity contribution < 1.29 is 9.90 Å². The van der Waals surface area contributed by atoms with Crippen molar-refractivity contribution in [2.45, 2.75) is 51.1 Å². The van der Waals surface area contributed by atoms with Gasteiger partial charge in [0.25, 0.3) is 0 Å². The van der Waals surface area contributed by atoms with Gasteiger partial charge in [0.15, 0.2) is 0 Å². The molecule has 3 heteroatoms. The van der Waals surface area contributed by atoms with Crippen LogP contribution >= 0.6 is 0 Å². The lowest BCUT2D eigenvalue weighted by molar-refractivity contribution is -0.142. The van der Waals surface area contributed by atoms with Gasteiger partial charge in [0.05, 0.1) is 0 Å². The van der Waals surface area contributed by atoms with Crippen LogP contribution in [0.3, 0.4) is 0 Å². The van der Waals surface area contributed by atoms with Crippen molar-refractivity contribution in [3.8, 4) is 11.1 Å². The van der Waals surface area contributed by atoms with E-state index in [1.54, 1.807) is 0 Å². The third-order valence-electron chi connectivity index (χ3n) is 6.63. The molecule has 0 aromatic heterocycles. The number of carboxylic acid groups (broad SMARTS) is 1. The summed E-state index contributed by atoms with van der Waals surface area (Å²) in [5.74, 6) is -0.741. The standard InChI is InChI=1S/C28H31NO2/c1-21(2)29(20-22-12-4-3-5-13-22)19-11-10-18-28(27(30)31)25-16-8-6-14-23(25)24-15-7-9-17-26(24)28/h3-9,12-17,21H,10-11,18-20H2,1-2H3,(H,30,31). The second-order valence-corrected chi connectivity index (χ2v) is 8.81. The van der Waals surface area contributed by atoms with E-state index in [9.17, 15) is 9.90 Å². The summed E-state index contributed by atoms with van der Waals surface area (Å²) in [5.41, 5.74) is 4.37. The van der Waals surface area contributed by atoms with Crippen LogP contribution < -0.4 is 0 Å². The highest BCUT2D eigenvalue weighted by atomic mass is 16.4. The van der Waals surface area contributed by atoms with Crippen molar-refractivity contribution in [3.63, 3.8) is 0 Å². The lowest BCUT2D eigenvalue weighted by Crippen LogP contribution is -2.36. The second-order valence-electron chi connectivity index (χ2n) is 8.81. The Morgan fingerprint density at radius 3 is 1.94 bits per heavy atom. The van der Waals surface area contributed by atoms with Gasteiger partial charge in [-0.2, -0.15) is 0 Å². The fourth-order valence-electron chi connectivity index (χ4n) is 4.97. The average Bonchev–Trinajstić information content (AvgIpc) is 3.08. The number of hydrogen-bond donors (Lipinski definition) is 1. The number of hydrogen-bond acceptors (Lipinski definition) is 2. The summed E-state index contributed by atoms with van der Waals surface area (Å²) >= 11 is 0. The van der Waals surface area contributed by atoms with Crippen molar-refractivity contribution in [2.75, 3.05) is 6.54 Å². The van der Waals surface area contributed by atoms with Gasteiger partial charge < -0.3 is 5.11 Å².